The fourth-order valence-corrected chi connectivity index (χ4v) is 1.32. The molecular weight excluding hydrogens is 184 g/mol. The molecule has 0 spiro atoms. The fourth-order valence-electron chi connectivity index (χ4n) is 1.32. The van der Waals surface area contributed by atoms with Gasteiger partial charge >= 0.3 is 0 Å². The van der Waals surface area contributed by atoms with Gasteiger partial charge in [-0.25, -0.2) is 0 Å². The Morgan fingerprint density at radius 3 is 2.67 bits per heavy atom. The molecule has 1 aromatic carbocycles. The highest BCUT2D eigenvalue weighted by molar-refractivity contribution is 5.68. The summed E-state index contributed by atoms with van der Waals surface area (Å²) in [5.41, 5.74) is 2.04. The minimum atomic E-state index is 0.231. The Morgan fingerprint density at radius 2 is 2.07 bits per heavy atom. The zero-order valence-corrected chi connectivity index (χ0v) is 8.90. The van der Waals surface area contributed by atoms with Crippen LogP contribution in [0, 0.1) is 5.41 Å². The Labute approximate surface area is 90.8 Å². The van der Waals surface area contributed by atoms with E-state index in [0.717, 1.165) is 5.70 Å². The molecular formula is C13H16N2. The summed E-state index contributed by atoms with van der Waals surface area (Å²) in [4.78, 5) is 0. The van der Waals surface area contributed by atoms with Crippen molar-refractivity contribution in [2.45, 2.75) is 13.0 Å². The molecule has 0 bridgehead atoms. The summed E-state index contributed by atoms with van der Waals surface area (Å²) in [6, 6.07) is 10.4. The lowest BCUT2D eigenvalue weighted by Crippen LogP contribution is -2.16. The molecule has 0 fully saturated rings. The molecule has 2 N–H and O–H groups in total. The zero-order chi connectivity index (χ0) is 11.1. The highest BCUT2D eigenvalue weighted by Crippen LogP contribution is 2.12. The standard InChI is InChI=1S/C13H16N2/c1-11(7-6-10-14)15-12(2)13-8-4-3-5-9-13/h3-10,12,14-15H,1H2,2H3/b7-6-,14-10?. The normalized spacial score (nSPS) is 12.3. The minimum absolute atomic E-state index is 0.231. The minimum Gasteiger partial charge on any atom is -0.379 e. The third kappa shape index (κ3) is 3.81. The van der Waals surface area contributed by atoms with Gasteiger partial charge in [0, 0.05) is 18.0 Å². The van der Waals surface area contributed by atoms with E-state index in [2.05, 4.69) is 31.0 Å². The molecule has 2 heteroatoms. The Kier molecular flexibility index (Phi) is 4.35. The smallest absolute Gasteiger partial charge is 0.0485 e. The van der Waals surface area contributed by atoms with Crippen molar-refractivity contribution in [2.75, 3.05) is 0 Å². The van der Waals surface area contributed by atoms with Crippen molar-refractivity contribution < 1.29 is 0 Å². The number of hydrogen-bond acceptors (Lipinski definition) is 2. The van der Waals surface area contributed by atoms with Crippen molar-refractivity contribution in [3.05, 3.63) is 60.3 Å². The zero-order valence-electron chi connectivity index (χ0n) is 8.90. The second kappa shape index (κ2) is 5.81. The monoisotopic (exact) mass is 200 g/mol. The molecule has 0 aromatic heterocycles. The summed E-state index contributed by atoms with van der Waals surface area (Å²) in [6.45, 7) is 5.94. The van der Waals surface area contributed by atoms with Crippen LogP contribution in [0.25, 0.3) is 0 Å². The number of allylic oxidation sites excluding steroid dienone is 2. The molecule has 1 atom stereocenters. The molecule has 0 heterocycles. The van der Waals surface area contributed by atoms with Crippen LogP contribution in [0.15, 0.2) is 54.8 Å². The maximum atomic E-state index is 6.86. The predicted molar refractivity (Wildman–Crippen MR) is 65.1 cm³/mol. The van der Waals surface area contributed by atoms with Crippen LogP contribution < -0.4 is 5.32 Å². The molecule has 0 aliphatic carbocycles. The first-order valence-electron chi connectivity index (χ1n) is 4.91. The van der Waals surface area contributed by atoms with E-state index < -0.39 is 0 Å². The molecule has 0 saturated carbocycles. The maximum absolute atomic E-state index is 6.86. The highest BCUT2D eigenvalue weighted by Gasteiger charge is 2.02. The second-order valence-corrected chi connectivity index (χ2v) is 3.33. The first kappa shape index (κ1) is 11.2. The van der Waals surface area contributed by atoms with Crippen molar-refractivity contribution in [3.63, 3.8) is 0 Å². The van der Waals surface area contributed by atoms with E-state index >= 15 is 0 Å². The molecule has 2 nitrogen and oxygen atoms in total. The van der Waals surface area contributed by atoms with E-state index in [1.165, 1.54) is 11.8 Å². The maximum Gasteiger partial charge on any atom is 0.0485 e. The van der Waals surface area contributed by atoms with E-state index in [-0.39, 0.29) is 6.04 Å². The molecule has 1 rings (SSSR count). The summed E-state index contributed by atoms with van der Waals surface area (Å²) < 4.78 is 0. The van der Waals surface area contributed by atoms with Crippen LogP contribution in [0.5, 0.6) is 0 Å². The Balaban J connectivity index is 2.56. The lowest BCUT2D eigenvalue weighted by atomic mass is 10.1. The van der Waals surface area contributed by atoms with Crippen LogP contribution in [0.4, 0.5) is 0 Å². The summed E-state index contributed by atoms with van der Waals surface area (Å²) in [5.74, 6) is 0. The average Bonchev–Trinajstić information content (AvgIpc) is 2.27. The van der Waals surface area contributed by atoms with Crippen molar-refractivity contribution in [2.24, 2.45) is 0 Å². The molecule has 0 amide bonds. The number of rotatable bonds is 5. The lowest BCUT2D eigenvalue weighted by Gasteiger charge is -2.15. The molecule has 1 unspecified atom stereocenters. The second-order valence-electron chi connectivity index (χ2n) is 3.33. The van der Waals surface area contributed by atoms with E-state index in [4.69, 9.17) is 5.41 Å². The van der Waals surface area contributed by atoms with Gasteiger partial charge in [0.25, 0.3) is 0 Å². The Hall–Kier alpha value is -1.83. The number of benzene rings is 1. The van der Waals surface area contributed by atoms with Gasteiger partial charge in [0.1, 0.15) is 0 Å². The van der Waals surface area contributed by atoms with Gasteiger partial charge in [-0.05, 0) is 24.6 Å². The Morgan fingerprint density at radius 1 is 1.40 bits per heavy atom. The van der Waals surface area contributed by atoms with E-state index in [1.54, 1.807) is 12.2 Å². The summed E-state index contributed by atoms with van der Waals surface area (Å²) in [7, 11) is 0. The average molecular weight is 200 g/mol. The molecule has 0 radical (unpaired) electrons. The van der Waals surface area contributed by atoms with Gasteiger partial charge in [-0.2, -0.15) is 0 Å². The van der Waals surface area contributed by atoms with Gasteiger partial charge in [0.05, 0.1) is 0 Å². The first-order chi connectivity index (χ1) is 7.24. The SMILES string of the molecule is C=C(/C=C\C=N)NC(C)c1ccccc1. The molecule has 78 valence electrons. The van der Waals surface area contributed by atoms with Crippen LogP contribution in [-0.4, -0.2) is 6.21 Å². The van der Waals surface area contributed by atoms with E-state index in [1.807, 2.05) is 18.2 Å². The predicted octanol–water partition coefficient (Wildman–Crippen LogP) is 3.06. The van der Waals surface area contributed by atoms with Crippen molar-refractivity contribution in [1.82, 2.24) is 5.32 Å². The lowest BCUT2D eigenvalue weighted by molar-refractivity contribution is 0.667. The largest absolute Gasteiger partial charge is 0.379 e. The van der Waals surface area contributed by atoms with Gasteiger partial charge in [-0.1, -0.05) is 36.9 Å². The fraction of sp³-hybridized carbons (Fsp3) is 0.154. The van der Waals surface area contributed by atoms with Crippen LogP contribution >= 0.6 is 0 Å². The van der Waals surface area contributed by atoms with Crippen molar-refractivity contribution in [3.8, 4) is 0 Å². The third-order valence-corrected chi connectivity index (χ3v) is 2.10. The molecule has 0 saturated heterocycles. The van der Waals surface area contributed by atoms with Gasteiger partial charge in [-0.3, -0.25) is 0 Å². The summed E-state index contributed by atoms with van der Waals surface area (Å²) in [5, 5.41) is 10.1. The van der Waals surface area contributed by atoms with Gasteiger partial charge in [-0.15, -0.1) is 0 Å². The highest BCUT2D eigenvalue weighted by atomic mass is 14.9. The third-order valence-electron chi connectivity index (χ3n) is 2.10. The van der Waals surface area contributed by atoms with Crippen molar-refractivity contribution in [1.29, 1.82) is 5.41 Å². The molecule has 0 aliphatic heterocycles. The van der Waals surface area contributed by atoms with Gasteiger partial charge in [0.2, 0.25) is 0 Å². The Bertz CT molecular complexity index is 352. The van der Waals surface area contributed by atoms with Crippen LogP contribution in [-0.2, 0) is 0 Å². The first-order valence-corrected chi connectivity index (χ1v) is 4.91. The van der Waals surface area contributed by atoms with Gasteiger partial charge in [0.15, 0.2) is 0 Å². The molecule has 0 aliphatic rings. The topological polar surface area (TPSA) is 35.9 Å². The summed E-state index contributed by atoms with van der Waals surface area (Å²) >= 11 is 0. The summed E-state index contributed by atoms with van der Waals surface area (Å²) in [6.07, 6.45) is 4.67. The number of nitrogens with one attached hydrogen (secondary N) is 2. The number of hydrogen-bond donors (Lipinski definition) is 2. The van der Waals surface area contributed by atoms with Crippen LogP contribution in [0.1, 0.15) is 18.5 Å². The molecule has 1 aromatic rings. The van der Waals surface area contributed by atoms with E-state index in [0.29, 0.717) is 0 Å². The quantitative estimate of drug-likeness (QED) is 0.556. The van der Waals surface area contributed by atoms with E-state index in [9.17, 15) is 0 Å². The van der Waals surface area contributed by atoms with Crippen LogP contribution in [0.3, 0.4) is 0 Å². The van der Waals surface area contributed by atoms with Crippen molar-refractivity contribution >= 4 is 6.21 Å². The molecule has 15 heavy (non-hydrogen) atoms. The van der Waals surface area contributed by atoms with Gasteiger partial charge < -0.3 is 10.7 Å². The van der Waals surface area contributed by atoms with Crippen LogP contribution in [0.2, 0.25) is 0 Å².